The maximum Gasteiger partial charge on any atom is 0.293 e. The van der Waals surface area contributed by atoms with Gasteiger partial charge in [0.25, 0.3) is 11.1 Å². The summed E-state index contributed by atoms with van der Waals surface area (Å²) in [7, 11) is 0. The number of amides is 2. The Bertz CT molecular complexity index is 1280. The van der Waals surface area contributed by atoms with Crippen LogP contribution >= 0.6 is 62.5 Å². The molecule has 1 aliphatic heterocycles. The van der Waals surface area contributed by atoms with Crippen molar-refractivity contribution in [3.05, 3.63) is 102 Å². The lowest BCUT2D eigenvalue weighted by Gasteiger charge is -2.12. The number of carbonyl (C=O) groups excluding carboxylic acids is 2. The van der Waals surface area contributed by atoms with Crippen molar-refractivity contribution in [3.8, 4) is 5.75 Å². The molecule has 0 aliphatic carbocycles. The third kappa shape index (κ3) is 6.63. The summed E-state index contributed by atoms with van der Waals surface area (Å²) in [6, 6.07) is 18.7. The number of ether oxygens (including phenoxy) is 1. The molecule has 0 saturated carbocycles. The molecule has 4 nitrogen and oxygen atoms in total. The van der Waals surface area contributed by atoms with E-state index in [0.29, 0.717) is 48.7 Å². The van der Waals surface area contributed by atoms with Crippen molar-refractivity contribution in [2.24, 2.45) is 0 Å². The lowest BCUT2D eigenvalue weighted by atomic mass is 10.1. The fourth-order valence-electron chi connectivity index (χ4n) is 3.52. The number of imide groups is 1. The molecule has 1 aliphatic rings. The van der Waals surface area contributed by atoms with Gasteiger partial charge in [-0.3, -0.25) is 14.5 Å². The van der Waals surface area contributed by atoms with Gasteiger partial charge in [-0.05, 0) is 87.6 Å². The topological polar surface area (TPSA) is 46.6 Å². The standard InChI is InChI=1S/C26H19BrCl3NO3S/c27-19-11-18(13-22(30)24(19)34-15-17-8-9-20(28)21(29)12-17)14-23-25(32)31(26(33)35-23)10-4-7-16-5-2-1-3-6-16/h1-3,5-6,8-9,11-14H,4,7,10,15H2/b23-14+. The van der Waals surface area contributed by atoms with E-state index in [0.717, 1.165) is 23.7 Å². The van der Waals surface area contributed by atoms with E-state index in [-0.39, 0.29) is 17.8 Å². The lowest BCUT2D eigenvalue weighted by Crippen LogP contribution is -2.29. The van der Waals surface area contributed by atoms with Crippen LogP contribution in [0, 0.1) is 0 Å². The van der Waals surface area contributed by atoms with Crippen LogP contribution in [0.15, 0.2) is 70.0 Å². The molecule has 0 bridgehead atoms. The second kappa shape index (κ2) is 11.8. The summed E-state index contributed by atoms with van der Waals surface area (Å²) >= 11 is 22.9. The fraction of sp³-hybridized carbons (Fsp3) is 0.154. The van der Waals surface area contributed by atoms with Crippen molar-refractivity contribution < 1.29 is 14.3 Å². The molecular weight excluding hydrogens is 593 g/mol. The van der Waals surface area contributed by atoms with Crippen molar-refractivity contribution in [1.29, 1.82) is 0 Å². The van der Waals surface area contributed by atoms with Crippen LogP contribution in [-0.4, -0.2) is 22.6 Å². The maximum atomic E-state index is 12.8. The zero-order valence-corrected chi connectivity index (χ0v) is 22.9. The highest BCUT2D eigenvalue weighted by molar-refractivity contribution is 9.10. The number of aryl methyl sites for hydroxylation is 1. The number of carbonyl (C=O) groups is 2. The average Bonchev–Trinajstić information content (AvgIpc) is 3.08. The largest absolute Gasteiger partial charge is 0.486 e. The zero-order chi connectivity index (χ0) is 24.9. The molecule has 2 amide bonds. The molecule has 3 aromatic carbocycles. The van der Waals surface area contributed by atoms with E-state index < -0.39 is 0 Å². The molecule has 0 spiro atoms. The molecule has 4 rings (SSSR count). The monoisotopic (exact) mass is 609 g/mol. The first-order valence-corrected chi connectivity index (χ1v) is 13.4. The average molecular weight is 612 g/mol. The fourth-order valence-corrected chi connectivity index (χ4v) is 5.69. The molecule has 0 N–H and O–H groups in total. The first kappa shape index (κ1) is 26.1. The molecule has 0 unspecified atom stereocenters. The highest BCUT2D eigenvalue weighted by Crippen LogP contribution is 2.38. The highest BCUT2D eigenvalue weighted by atomic mass is 79.9. The minimum atomic E-state index is -0.291. The first-order valence-electron chi connectivity index (χ1n) is 10.7. The number of rotatable bonds is 8. The Balaban J connectivity index is 1.41. The van der Waals surface area contributed by atoms with Gasteiger partial charge in [-0.2, -0.15) is 0 Å². The van der Waals surface area contributed by atoms with E-state index in [9.17, 15) is 9.59 Å². The van der Waals surface area contributed by atoms with Gasteiger partial charge in [-0.25, -0.2) is 0 Å². The Kier molecular flexibility index (Phi) is 8.84. The van der Waals surface area contributed by atoms with Gasteiger partial charge in [0.15, 0.2) is 5.75 Å². The van der Waals surface area contributed by atoms with Gasteiger partial charge in [0.2, 0.25) is 0 Å². The quantitative estimate of drug-likeness (QED) is 0.239. The third-order valence-corrected chi connectivity index (χ3v) is 7.77. The third-order valence-electron chi connectivity index (χ3n) is 5.25. The molecule has 3 aromatic rings. The molecule has 0 atom stereocenters. The van der Waals surface area contributed by atoms with Gasteiger partial charge in [-0.1, -0.05) is 71.2 Å². The van der Waals surface area contributed by atoms with E-state index in [1.807, 2.05) is 36.4 Å². The molecule has 1 fully saturated rings. The van der Waals surface area contributed by atoms with Crippen LogP contribution in [-0.2, 0) is 17.8 Å². The van der Waals surface area contributed by atoms with Crippen molar-refractivity contribution in [3.63, 3.8) is 0 Å². The SMILES string of the molecule is O=C1S/C(=C/c2cc(Cl)c(OCc3ccc(Cl)c(Cl)c3)c(Br)c2)C(=O)N1CCCc1ccccc1. The molecule has 0 aromatic heterocycles. The summed E-state index contributed by atoms with van der Waals surface area (Å²) in [6.07, 6.45) is 3.17. The summed E-state index contributed by atoms with van der Waals surface area (Å²) in [5, 5.41) is 1.02. The lowest BCUT2D eigenvalue weighted by molar-refractivity contribution is -0.122. The molecule has 1 heterocycles. The van der Waals surface area contributed by atoms with Crippen LogP contribution in [0.3, 0.4) is 0 Å². The normalized spacial score (nSPS) is 14.7. The Morgan fingerprint density at radius 2 is 1.69 bits per heavy atom. The Morgan fingerprint density at radius 1 is 0.914 bits per heavy atom. The maximum absolute atomic E-state index is 12.8. The number of hydrogen-bond acceptors (Lipinski definition) is 4. The van der Waals surface area contributed by atoms with Crippen LogP contribution in [0.25, 0.3) is 6.08 Å². The van der Waals surface area contributed by atoms with Gasteiger partial charge in [0, 0.05) is 6.54 Å². The van der Waals surface area contributed by atoms with Crippen LogP contribution < -0.4 is 4.74 Å². The van der Waals surface area contributed by atoms with Gasteiger partial charge in [0.1, 0.15) is 6.61 Å². The molecule has 1 saturated heterocycles. The Labute approximate surface area is 231 Å². The minimum absolute atomic E-state index is 0.246. The number of hydrogen-bond donors (Lipinski definition) is 0. The molecule has 0 radical (unpaired) electrons. The second-order valence-corrected chi connectivity index (χ2v) is 10.8. The predicted molar refractivity (Wildman–Crippen MR) is 147 cm³/mol. The molecule has 35 heavy (non-hydrogen) atoms. The molecule has 180 valence electrons. The first-order chi connectivity index (χ1) is 16.8. The van der Waals surface area contributed by atoms with Crippen LogP contribution in [0.1, 0.15) is 23.1 Å². The summed E-state index contributed by atoms with van der Waals surface area (Å²) in [5.41, 5.74) is 2.70. The number of thioether (sulfide) groups is 1. The van der Waals surface area contributed by atoms with E-state index in [1.54, 1.807) is 30.3 Å². The van der Waals surface area contributed by atoms with Crippen molar-refractivity contribution in [2.75, 3.05) is 6.54 Å². The second-order valence-electron chi connectivity index (χ2n) is 7.77. The van der Waals surface area contributed by atoms with E-state index >= 15 is 0 Å². The van der Waals surface area contributed by atoms with Crippen LogP contribution in [0.2, 0.25) is 15.1 Å². The number of nitrogens with zero attached hydrogens (tertiary/aromatic N) is 1. The molecule has 9 heteroatoms. The van der Waals surface area contributed by atoms with Crippen molar-refractivity contribution in [1.82, 2.24) is 4.90 Å². The number of halogens is 4. The Morgan fingerprint density at radius 3 is 2.40 bits per heavy atom. The van der Waals surface area contributed by atoms with E-state index in [1.165, 1.54) is 10.5 Å². The summed E-state index contributed by atoms with van der Waals surface area (Å²) in [4.78, 5) is 26.9. The summed E-state index contributed by atoms with van der Waals surface area (Å²) < 4.78 is 6.50. The van der Waals surface area contributed by atoms with Gasteiger partial charge in [0.05, 0.1) is 24.4 Å². The highest BCUT2D eigenvalue weighted by Gasteiger charge is 2.34. The summed E-state index contributed by atoms with van der Waals surface area (Å²) in [5.74, 6) is 0.171. The van der Waals surface area contributed by atoms with E-state index in [4.69, 9.17) is 39.5 Å². The van der Waals surface area contributed by atoms with Gasteiger partial charge >= 0.3 is 0 Å². The predicted octanol–water partition coefficient (Wildman–Crippen LogP) is 8.66. The van der Waals surface area contributed by atoms with Crippen LogP contribution in [0.5, 0.6) is 5.75 Å². The Hall–Kier alpha value is -1.96. The van der Waals surface area contributed by atoms with Crippen LogP contribution in [0.4, 0.5) is 4.79 Å². The van der Waals surface area contributed by atoms with E-state index in [2.05, 4.69) is 15.9 Å². The minimum Gasteiger partial charge on any atom is -0.486 e. The zero-order valence-electron chi connectivity index (χ0n) is 18.3. The smallest absolute Gasteiger partial charge is 0.293 e. The van der Waals surface area contributed by atoms with Gasteiger partial charge < -0.3 is 4.74 Å². The van der Waals surface area contributed by atoms with Gasteiger partial charge in [-0.15, -0.1) is 0 Å². The van der Waals surface area contributed by atoms with Crippen molar-refractivity contribution >= 4 is 79.7 Å². The molecular formula is C26H19BrCl3NO3S. The summed E-state index contributed by atoms with van der Waals surface area (Å²) in [6.45, 7) is 0.624. The van der Waals surface area contributed by atoms with Crippen molar-refractivity contribution in [2.45, 2.75) is 19.4 Å². The number of benzene rings is 3.